The highest BCUT2D eigenvalue weighted by molar-refractivity contribution is 14.0. The van der Waals surface area contributed by atoms with Gasteiger partial charge in [-0.3, -0.25) is 14.8 Å². The van der Waals surface area contributed by atoms with Crippen LogP contribution in [0.15, 0.2) is 29.5 Å². The molecule has 0 aliphatic heterocycles. The van der Waals surface area contributed by atoms with Crippen molar-refractivity contribution in [2.45, 2.75) is 6.42 Å². The minimum Gasteiger partial charge on any atom is -0.382 e. The third-order valence-corrected chi connectivity index (χ3v) is 3.04. The summed E-state index contributed by atoms with van der Waals surface area (Å²) in [5, 5.41) is 9.14. The Hall–Kier alpha value is -1.46. The summed E-state index contributed by atoms with van der Waals surface area (Å²) in [7, 11) is 3.36. The first-order valence-corrected chi connectivity index (χ1v) is 7.97. The smallest absolute Gasteiger partial charge is 0.252 e. The maximum absolute atomic E-state index is 11.8. The van der Waals surface area contributed by atoms with Gasteiger partial charge in [0.05, 0.1) is 18.8 Å². The molecule has 0 aliphatic rings. The molecule has 8 nitrogen and oxygen atoms in total. The van der Waals surface area contributed by atoms with E-state index in [-0.39, 0.29) is 29.9 Å². The molecule has 0 saturated carbocycles. The van der Waals surface area contributed by atoms with Crippen LogP contribution in [-0.2, 0) is 9.47 Å². The molecular weight excluding hydrogens is 437 g/mol. The number of hydrogen-bond donors (Lipinski definition) is 3. The summed E-state index contributed by atoms with van der Waals surface area (Å²) < 4.78 is 10.3. The highest BCUT2D eigenvalue weighted by Gasteiger charge is 2.03. The number of guanidine groups is 1. The van der Waals surface area contributed by atoms with Crippen LogP contribution in [-0.4, -0.2) is 70.5 Å². The third-order valence-electron chi connectivity index (χ3n) is 3.04. The fourth-order valence-electron chi connectivity index (χ4n) is 1.80. The zero-order valence-corrected chi connectivity index (χ0v) is 17.1. The van der Waals surface area contributed by atoms with Crippen molar-refractivity contribution in [2.75, 3.05) is 53.6 Å². The number of carbonyl (C=O) groups is 1. The number of methoxy groups -OCH3 is 1. The van der Waals surface area contributed by atoms with Gasteiger partial charge in [-0.1, -0.05) is 0 Å². The molecule has 0 saturated heterocycles. The van der Waals surface area contributed by atoms with Crippen molar-refractivity contribution < 1.29 is 14.3 Å². The molecule has 1 aromatic heterocycles. The maximum atomic E-state index is 11.8. The van der Waals surface area contributed by atoms with Crippen LogP contribution in [0, 0.1) is 0 Å². The molecule has 1 heterocycles. The monoisotopic (exact) mass is 465 g/mol. The number of nitrogens with one attached hydrogen (secondary N) is 3. The number of nitrogens with zero attached hydrogens (tertiary/aromatic N) is 2. The molecule has 142 valence electrons. The molecule has 0 unspecified atom stereocenters. The van der Waals surface area contributed by atoms with Crippen LogP contribution < -0.4 is 16.0 Å². The highest BCUT2D eigenvalue weighted by Crippen LogP contribution is 1.94. The fourth-order valence-corrected chi connectivity index (χ4v) is 1.80. The molecule has 3 N–H and O–H groups in total. The number of aromatic nitrogens is 1. The maximum Gasteiger partial charge on any atom is 0.252 e. The van der Waals surface area contributed by atoms with E-state index in [2.05, 4.69) is 25.9 Å². The van der Waals surface area contributed by atoms with Gasteiger partial charge < -0.3 is 25.4 Å². The van der Waals surface area contributed by atoms with Gasteiger partial charge in [0.15, 0.2) is 5.96 Å². The Bertz CT molecular complexity index is 488. The molecule has 1 rings (SSSR count). The molecular formula is C16H28IN5O3. The fraction of sp³-hybridized carbons (Fsp3) is 0.562. The van der Waals surface area contributed by atoms with Gasteiger partial charge >= 0.3 is 0 Å². The van der Waals surface area contributed by atoms with Gasteiger partial charge in [0.1, 0.15) is 0 Å². The topological polar surface area (TPSA) is 96.9 Å². The van der Waals surface area contributed by atoms with E-state index in [4.69, 9.17) is 9.47 Å². The van der Waals surface area contributed by atoms with Crippen molar-refractivity contribution in [3.63, 3.8) is 0 Å². The second kappa shape index (κ2) is 16.0. The SMILES string of the molecule is CN=C(NCCCOCCOC)NCCNC(=O)c1cccnc1.I. The van der Waals surface area contributed by atoms with Gasteiger partial charge in [-0.2, -0.15) is 0 Å². The zero-order chi connectivity index (χ0) is 17.5. The van der Waals surface area contributed by atoms with Crippen molar-refractivity contribution in [3.05, 3.63) is 30.1 Å². The average molecular weight is 465 g/mol. The largest absolute Gasteiger partial charge is 0.382 e. The van der Waals surface area contributed by atoms with Crippen LogP contribution in [0.4, 0.5) is 0 Å². The van der Waals surface area contributed by atoms with Crippen LogP contribution >= 0.6 is 24.0 Å². The van der Waals surface area contributed by atoms with Gasteiger partial charge in [-0.05, 0) is 18.6 Å². The van der Waals surface area contributed by atoms with Crippen LogP contribution in [0.3, 0.4) is 0 Å². The van der Waals surface area contributed by atoms with E-state index < -0.39 is 0 Å². The summed E-state index contributed by atoms with van der Waals surface area (Å²) >= 11 is 0. The number of halogens is 1. The number of amides is 1. The van der Waals surface area contributed by atoms with E-state index >= 15 is 0 Å². The first kappa shape index (κ1) is 23.5. The van der Waals surface area contributed by atoms with Crippen molar-refractivity contribution in [1.82, 2.24) is 20.9 Å². The van der Waals surface area contributed by atoms with Gasteiger partial charge in [-0.15, -0.1) is 24.0 Å². The standard InChI is InChI=1S/C16H27N5O3.HI/c1-17-16(20-7-4-10-24-12-11-23-2)21-9-8-19-15(22)14-5-3-6-18-13-14;/h3,5-6,13H,4,7-12H2,1-2H3,(H,19,22)(H2,17,20,21);1H. The zero-order valence-electron chi connectivity index (χ0n) is 14.8. The Morgan fingerprint density at radius 2 is 1.92 bits per heavy atom. The van der Waals surface area contributed by atoms with Gasteiger partial charge in [0.2, 0.25) is 0 Å². The predicted molar refractivity (Wildman–Crippen MR) is 109 cm³/mol. The lowest BCUT2D eigenvalue weighted by atomic mass is 10.3. The van der Waals surface area contributed by atoms with Crippen LogP contribution in [0.25, 0.3) is 0 Å². The number of carbonyl (C=O) groups excluding carboxylic acids is 1. The van der Waals surface area contributed by atoms with E-state index in [1.165, 1.54) is 6.20 Å². The first-order valence-electron chi connectivity index (χ1n) is 7.97. The van der Waals surface area contributed by atoms with Crippen LogP contribution in [0.5, 0.6) is 0 Å². The summed E-state index contributed by atoms with van der Waals surface area (Å²) in [5.41, 5.74) is 0.550. The van der Waals surface area contributed by atoms with E-state index in [1.54, 1.807) is 32.5 Å². The normalized spacial score (nSPS) is 10.7. The first-order chi connectivity index (χ1) is 11.8. The summed E-state index contributed by atoms with van der Waals surface area (Å²) in [5.74, 6) is 0.559. The van der Waals surface area contributed by atoms with Crippen molar-refractivity contribution >= 4 is 35.8 Å². The van der Waals surface area contributed by atoms with E-state index in [0.29, 0.717) is 44.4 Å². The molecule has 9 heteroatoms. The molecule has 0 spiro atoms. The molecule has 25 heavy (non-hydrogen) atoms. The lowest BCUT2D eigenvalue weighted by molar-refractivity contribution is 0.0698. The number of rotatable bonds is 11. The van der Waals surface area contributed by atoms with E-state index in [9.17, 15) is 4.79 Å². The quantitative estimate of drug-likeness (QED) is 0.192. The van der Waals surface area contributed by atoms with Crippen LogP contribution in [0.1, 0.15) is 16.8 Å². The van der Waals surface area contributed by atoms with E-state index in [1.807, 2.05) is 0 Å². The molecule has 0 aromatic carbocycles. The number of aliphatic imine (C=N–C) groups is 1. The lowest BCUT2D eigenvalue weighted by Gasteiger charge is -2.12. The lowest BCUT2D eigenvalue weighted by Crippen LogP contribution is -2.42. The Morgan fingerprint density at radius 1 is 1.16 bits per heavy atom. The molecule has 0 radical (unpaired) electrons. The minimum atomic E-state index is -0.138. The summed E-state index contributed by atoms with van der Waals surface area (Å²) in [6.45, 7) is 3.73. The van der Waals surface area contributed by atoms with Crippen molar-refractivity contribution in [2.24, 2.45) is 4.99 Å². The summed E-state index contributed by atoms with van der Waals surface area (Å²) in [4.78, 5) is 19.9. The molecule has 0 aliphatic carbocycles. The Morgan fingerprint density at radius 3 is 2.60 bits per heavy atom. The van der Waals surface area contributed by atoms with Gasteiger partial charge in [0, 0.05) is 52.8 Å². The molecule has 1 aromatic rings. The van der Waals surface area contributed by atoms with Crippen LogP contribution in [0.2, 0.25) is 0 Å². The summed E-state index contributed by atoms with van der Waals surface area (Å²) in [6, 6.07) is 3.46. The predicted octanol–water partition coefficient (Wildman–Crippen LogP) is 0.648. The number of hydrogen-bond acceptors (Lipinski definition) is 5. The minimum absolute atomic E-state index is 0. The molecule has 0 atom stereocenters. The molecule has 0 fully saturated rings. The van der Waals surface area contributed by atoms with E-state index in [0.717, 1.165) is 13.0 Å². The van der Waals surface area contributed by atoms with Gasteiger partial charge in [0.25, 0.3) is 5.91 Å². The Balaban J connectivity index is 0.00000576. The number of ether oxygens (including phenoxy) is 2. The van der Waals surface area contributed by atoms with Gasteiger partial charge in [-0.25, -0.2) is 0 Å². The van der Waals surface area contributed by atoms with Crippen molar-refractivity contribution in [3.8, 4) is 0 Å². The average Bonchev–Trinajstić information content (AvgIpc) is 2.63. The Labute approximate surface area is 166 Å². The Kier molecular flexibility index (Phi) is 15.1. The second-order valence-corrected chi connectivity index (χ2v) is 4.88. The highest BCUT2D eigenvalue weighted by atomic mass is 127. The van der Waals surface area contributed by atoms with Crippen molar-refractivity contribution in [1.29, 1.82) is 0 Å². The molecule has 1 amide bonds. The number of pyridine rings is 1. The third kappa shape index (κ3) is 11.7. The molecule has 0 bridgehead atoms. The summed E-state index contributed by atoms with van der Waals surface area (Å²) in [6.07, 6.45) is 4.05. The second-order valence-electron chi connectivity index (χ2n) is 4.88.